The Balaban J connectivity index is 1.39. The highest BCUT2D eigenvalue weighted by Crippen LogP contribution is 2.66. The quantitative estimate of drug-likeness (QED) is 0.0928. The van der Waals surface area contributed by atoms with Crippen molar-refractivity contribution in [2.75, 3.05) is 6.61 Å². The van der Waals surface area contributed by atoms with Gasteiger partial charge in [-0.15, -0.1) is 0 Å². The van der Waals surface area contributed by atoms with Gasteiger partial charge >= 0.3 is 17.9 Å². The molecule has 1 heterocycles. The lowest BCUT2D eigenvalue weighted by molar-refractivity contribution is -0.339. The van der Waals surface area contributed by atoms with Crippen molar-refractivity contribution in [2.45, 2.75) is 109 Å². The van der Waals surface area contributed by atoms with E-state index in [4.69, 9.17) is 18.9 Å². The minimum absolute atomic E-state index is 0.125. The molecular weight excluding hydrogens is 795 g/mol. The Bertz CT molecular complexity index is 2280. The number of benzene rings is 3. The maximum Gasteiger partial charge on any atom is 0.311 e. The normalized spacial score (nSPS) is 31.9. The summed E-state index contributed by atoms with van der Waals surface area (Å²) >= 11 is 0. The Morgan fingerprint density at radius 3 is 1.98 bits per heavy atom. The maximum atomic E-state index is 15.6. The number of rotatable bonds is 11. The zero-order chi connectivity index (χ0) is 44.9. The Morgan fingerprint density at radius 1 is 0.855 bits per heavy atom. The zero-order valence-electron chi connectivity index (χ0n) is 36.1. The van der Waals surface area contributed by atoms with Crippen LogP contribution in [0, 0.1) is 28.6 Å². The highest BCUT2D eigenvalue weighted by molar-refractivity contribution is 5.98. The van der Waals surface area contributed by atoms with Crippen LogP contribution in [0.15, 0.2) is 102 Å². The first-order valence-corrected chi connectivity index (χ1v) is 21.1. The molecule has 1 aliphatic heterocycles. The fourth-order valence-corrected chi connectivity index (χ4v) is 11.0. The topological polar surface area (TPSA) is 192 Å². The summed E-state index contributed by atoms with van der Waals surface area (Å²) in [6.45, 7) is 10.3. The number of hydrogen-bond donors (Lipinski definition) is 3. The van der Waals surface area contributed by atoms with Crippen LogP contribution in [0.5, 0.6) is 0 Å². The highest BCUT2D eigenvalue weighted by atomic mass is 16.6. The number of amides is 1. The summed E-state index contributed by atoms with van der Waals surface area (Å²) in [4.78, 5) is 84.3. The minimum Gasteiger partial charge on any atom is -0.457 e. The second-order valence-electron chi connectivity index (χ2n) is 18.1. The van der Waals surface area contributed by atoms with Crippen LogP contribution in [-0.2, 0) is 38.1 Å². The molecule has 2 bridgehead atoms. The van der Waals surface area contributed by atoms with Gasteiger partial charge in [0, 0.05) is 61.5 Å². The summed E-state index contributed by atoms with van der Waals surface area (Å²) in [6.07, 6.45) is -6.13. The fraction of sp³-hybridized carbons (Fsp3) is 0.469. The predicted octanol–water partition coefficient (Wildman–Crippen LogP) is 5.67. The van der Waals surface area contributed by atoms with E-state index in [9.17, 15) is 34.2 Å². The number of aliphatic hydroxyl groups is 2. The van der Waals surface area contributed by atoms with Gasteiger partial charge in [-0.2, -0.15) is 0 Å². The second-order valence-corrected chi connectivity index (χ2v) is 18.1. The van der Waals surface area contributed by atoms with Gasteiger partial charge in [-0.3, -0.25) is 28.8 Å². The van der Waals surface area contributed by atoms with Gasteiger partial charge in [0.1, 0.15) is 12.2 Å². The van der Waals surface area contributed by atoms with Gasteiger partial charge in [-0.05, 0) is 49.6 Å². The molecule has 13 heteroatoms. The van der Waals surface area contributed by atoms with Crippen LogP contribution in [0.4, 0.5) is 0 Å². The van der Waals surface area contributed by atoms with Gasteiger partial charge in [0.25, 0.3) is 5.91 Å². The molecule has 7 rings (SSSR count). The first-order valence-electron chi connectivity index (χ1n) is 21.1. The number of ether oxygens (including phenoxy) is 4. The molecule has 3 aromatic carbocycles. The van der Waals surface area contributed by atoms with Gasteiger partial charge in [0.05, 0.1) is 35.7 Å². The zero-order valence-corrected chi connectivity index (χ0v) is 36.1. The van der Waals surface area contributed by atoms with Crippen molar-refractivity contribution in [1.82, 2.24) is 5.32 Å². The summed E-state index contributed by atoms with van der Waals surface area (Å²) < 4.78 is 24.5. The molecule has 0 radical (unpaired) electrons. The molecule has 1 unspecified atom stereocenters. The summed E-state index contributed by atoms with van der Waals surface area (Å²) in [5.41, 5.74) is -5.22. The van der Waals surface area contributed by atoms with Crippen molar-refractivity contribution in [1.29, 1.82) is 0 Å². The van der Waals surface area contributed by atoms with Crippen LogP contribution in [0.3, 0.4) is 0 Å². The third-order valence-corrected chi connectivity index (χ3v) is 14.3. The van der Waals surface area contributed by atoms with Crippen molar-refractivity contribution >= 4 is 35.4 Å². The summed E-state index contributed by atoms with van der Waals surface area (Å²) in [5, 5.41) is 29.0. The molecule has 13 nitrogen and oxygen atoms in total. The van der Waals surface area contributed by atoms with E-state index in [1.165, 1.54) is 13.8 Å². The predicted molar refractivity (Wildman–Crippen MR) is 224 cm³/mol. The van der Waals surface area contributed by atoms with Crippen molar-refractivity contribution in [3.05, 3.63) is 119 Å². The third-order valence-electron chi connectivity index (χ3n) is 14.3. The summed E-state index contributed by atoms with van der Waals surface area (Å²) in [6, 6.07) is 25.1. The van der Waals surface area contributed by atoms with Crippen LogP contribution >= 0.6 is 0 Å². The van der Waals surface area contributed by atoms with Crippen molar-refractivity contribution in [3.63, 3.8) is 0 Å². The molecule has 3 aliphatic carbocycles. The smallest absolute Gasteiger partial charge is 0.311 e. The summed E-state index contributed by atoms with van der Waals surface area (Å²) in [7, 11) is 0. The molecule has 3 N–H and O–H groups in total. The van der Waals surface area contributed by atoms with E-state index in [2.05, 4.69) is 5.32 Å². The number of fused-ring (bicyclic) bond motifs is 5. The number of esters is 3. The van der Waals surface area contributed by atoms with Gasteiger partial charge in [0.15, 0.2) is 23.3 Å². The van der Waals surface area contributed by atoms with Gasteiger partial charge in [-0.25, -0.2) is 0 Å². The van der Waals surface area contributed by atoms with Crippen LogP contribution in [0.1, 0.15) is 100 Å². The Hall–Kier alpha value is -5.50. The van der Waals surface area contributed by atoms with E-state index < -0.39 is 106 Å². The van der Waals surface area contributed by atoms with Crippen LogP contribution in [-0.4, -0.2) is 87.8 Å². The van der Waals surface area contributed by atoms with Gasteiger partial charge < -0.3 is 34.5 Å². The number of aliphatic hydroxyl groups excluding tert-OH is 1. The number of carbonyl (C=O) groups is 6. The van der Waals surface area contributed by atoms with E-state index >= 15 is 4.79 Å². The number of hydrogen-bond acceptors (Lipinski definition) is 12. The first kappa shape index (κ1) is 44.6. The SMILES string of the molecule is CC(=O)O[C@H]1C(=O)C2(C)[C@@H](O)C[C@H]3OC[C@@]3(OC(C)=O)[C@H]2[C@H](CC(=O)c2ccccc2)[C@]2(O)C[C@H](OC(=O)[C@H](C)[C@@H](NC(=O)c3ccccc3)c3ccccc3)C(C)=C1C2(C)C. The monoisotopic (exact) mass is 849 g/mol. The molecule has 328 valence electrons. The second kappa shape index (κ2) is 16.7. The Labute approximate surface area is 361 Å². The van der Waals surface area contributed by atoms with Crippen LogP contribution < -0.4 is 5.32 Å². The van der Waals surface area contributed by atoms with Crippen LogP contribution in [0.25, 0.3) is 0 Å². The number of carbonyl (C=O) groups excluding carboxylic acids is 6. The minimum atomic E-state index is -2.09. The molecule has 1 saturated heterocycles. The molecule has 3 fully saturated rings. The van der Waals surface area contributed by atoms with E-state index in [1.807, 2.05) is 6.07 Å². The first-order chi connectivity index (χ1) is 29.3. The molecule has 2 saturated carbocycles. The lowest BCUT2D eigenvalue weighted by Crippen LogP contribution is -2.80. The molecule has 11 atom stereocenters. The molecule has 4 aliphatic rings. The maximum absolute atomic E-state index is 15.6. The van der Waals surface area contributed by atoms with E-state index in [0.717, 1.165) is 6.92 Å². The molecular formula is C49H55NO12. The van der Waals surface area contributed by atoms with Crippen molar-refractivity contribution in [3.8, 4) is 0 Å². The highest BCUT2D eigenvalue weighted by Gasteiger charge is 2.77. The van der Waals surface area contributed by atoms with Gasteiger partial charge in [0.2, 0.25) is 0 Å². The lowest BCUT2D eigenvalue weighted by atomic mass is 9.42. The lowest BCUT2D eigenvalue weighted by Gasteiger charge is -2.68. The summed E-state index contributed by atoms with van der Waals surface area (Å²) in [5.74, 6) is -7.35. The Kier molecular flexibility index (Phi) is 12.0. The van der Waals surface area contributed by atoms with Gasteiger partial charge in [-0.1, -0.05) is 92.7 Å². The molecule has 3 aromatic rings. The van der Waals surface area contributed by atoms with E-state index in [0.29, 0.717) is 22.3 Å². The van der Waals surface area contributed by atoms with Crippen molar-refractivity contribution in [2.24, 2.45) is 28.6 Å². The number of nitrogens with one attached hydrogen (secondary N) is 1. The molecule has 0 spiro atoms. The molecule has 0 aromatic heterocycles. The van der Waals surface area contributed by atoms with Crippen molar-refractivity contribution < 1.29 is 57.9 Å². The van der Waals surface area contributed by atoms with Crippen LogP contribution in [0.2, 0.25) is 0 Å². The largest absolute Gasteiger partial charge is 0.457 e. The Morgan fingerprint density at radius 2 is 1.44 bits per heavy atom. The fourth-order valence-electron chi connectivity index (χ4n) is 11.0. The standard InChI is InChI=1S/C49H55NO12/c1-27-36(61-45(57)28(2)40(32-19-13-9-14-20-32)50-44(56)33-21-15-10-16-22-33)25-49(58)34(23-35(53)31-17-11-8-12-18-31)42-47(7,37(54)24-38-48(42,26-59-38)62-30(4)52)43(55)41(60-29(3)51)39(27)46(49,5)6/h8-22,28,34,36-38,40-42,54,58H,23-26H2,1-7H3,(H,50,56)/t28-,34+,36+,37+,38-,40-,41-,42+,47?,48+,49-/m1/s1. The number of ketones is 2. The average molecular weight is 850 g/mol. The molecule has 1 amide bonds. The van der Waals surface area contributed by atoms with E-state index in [1.54, 1.807) is 113 Å². The molecule has 62 heavy (non-hydrogen) atoms. The van der Waals surface area contributed by atoms with E-state index in [-0.39, 0.29) is 31.4 Å². The number of Topliss-reactive ketones (excluding diaryl/α,β-unsaturated/α-hetero) is 2. The third kappa shape index (κ3) is 7.37. The average Bonchev–Trinajstić information content (AvgIpc) is 3.24.